The number of halogens is 1. The van der Waals surface area contributed by atoms with Gasteiger partial charge in [0.1, 0.15) is 6.61 Å². The third kappa shape index (κ3) is 3.28. The first kappa shape index (κ1) is 14.8. The molecule has 0 aromatic heterocycles. The van der Waals surface area contributed by atoms with Crippen molar-refractivity contribution in [1.29, 1.82) is 0 Å². The third-order valence-corrected chi connectivity index (χ3v) is 4.05. The van der Waals surface area contributed by atoms with E-state index in [1.165, 1.54) is 6.08 Å². The van der Waals surface area contributed by atoms with Gasteiger partial charge in [0.2, 0.25) is 5.24 Å². The number of ether oxygens (including phenoxy) is 1. The van der Waals surface area contributed by atoms with Crippen LogP contribution < -0.4 is 0 Å². The van der Waals surface area contributed by atoms with E-state index in [1.807, 2.05) is 44.2 Å². The van der Waals surface area contributed by atoms with E-state index >= 15 is 0 Å². The van der Waals surface area contributed by atoms with Crippen molar-refractivity contribution in [2.24, 2.45) is 17.3 Å². The lowest BCUT2D eigenvalue weighted by atomic mass is 10.1. The van der Waals surface area contributed by atoms with E-state index in [4.69, 9.17) is 16.3 Å². The zero-order valence-corrected chi connectivity index (χ0v) is 12.3. The summed E-state index contributed by atoms with van der Waals surface area (Å²) in [6.45, 7) is 4.17. The molecule has 3 nitrogen and oxygen atoms in total. The van der Waals surface area contributed by atoms with E-state index in [-0.39, 0.29) is 29.1 Å². The Balaban J connectivity index is 1.84. The maximum absolute atomic E-state index is 11.6. The Labute approximate surface area is 123 Å². The van der Waals surface area contributed by atoms with Crippen LogP contribution >= 0.6 is 11.6 Å². The summed E-state index contributed by atoms with van der Waals surface area (Å²) in [6.07, 6.45) is 3.10. The highest BCUT2D eigenvalue weighted by atomic mass is 35.5. The number of hydrogen-bond acceptors (Lipinski definition) is 3. The molecular weight excluding hydrogens is 276 g/mol. The predicted molar refractivity (Wildman–Crippen MR) is 77.0 cm³/mol. The molecule has 1 aromatic rings. The highest BCUT2D eigenvalue weighted by molar-refractivity contribution is 6.64. The largest absolute Gasteiger partial charge is 0.458 e. The van der Waals surface area contributed by atoms with Crippen molar-refractivity contribution in [3.05, 3.63) is 48.0 Å². The van der Waals surface area contributed by atoms with Crippen molar-refractivity contribution in [1.82, 2.24) is 0 Å². The molecule has 1 aromatic carbocycles. The monoisotopic (exact) mass is 292 g/mol. The van der Waals surface area contributed by atoms with Gasteiger partial charge in [0, 0.05) is 12.0 Å². The Morgan fingerprint density at radius 2 is 1.95 bits per heavy atom. The fraction of sp³-hybridized carbons (Fsp3) is 0.375. The summed E-state index contributed by atoms with van der Waals surface area (Å²) in [4.78, 5) is 22.8. The highest BCUT2D eigenvalue weighted by Gasteiger charge is 2.59. The van der Waals surface area contributed by atoms with E-state index in [0.717, 1.165) is 5.56 Å². The van der Waals surface area contributed by atoms with Crippen molar-refractivity contribution in [3.63, 3.8) is 0 Å². The van der Waals surface area contributed by atoms with Crippen molar-refractivity contribution < 1.29 is 14.3 Å². The number of allylic oxidation sites excluding steroid dienone is 1. The Hall–Kier alpha value is -1.61. The van der Waals surface area contributed by atoms with Gasteiger partial charge in [-0.3, -0.25) is 4.79 Å². The number of benzene rings is 1. The average Bonchev–Trinajstić information content (AvgIpc) is 2.97. The molecule has 1 aliphatic carbocycles. The second-order valence-corrected chi connectivity index (χ2v) is 5.95. The van der Waals surface area contributed by atoms with Crippen molar-refractivity contribution >= 4 is 22.8 Å². The van der Waals surface area contributed by atoms with Crippen LogP contribution in [0.1, 0.15) is 19.4 Å². The third-order valence-electron chi connectivity index (χ3n) is 3.82. The molecule has 0 unspecified atom stereocenters. The number of hydrogen-bond donors (Lipinski definition) is 0. The smallest absolute Gasteiger partial charge is 0.330 e. The fourth-order valence-corrected chi connectivity index (χ4v) is 2.85. The second-order valence-electron chi connectivity index (χ2n) is 5.58. The Kier molecular flexibility index (Phi) is 4.29. The molecule has 0 radical (unpaired) electrons. The first-order valence-electron chi connectivity index (χ1n) is 6.51. The molecule has 0 aliphatic heterocycles. The maximum Gasteiger partial charge on any atom is 0.330 e. The van der Waals surface area contributed by atoms with Gasteiger partial charge in [-0.05, 0) is 28.5 Å². The standard InChI is InChI=1S/C16H17ClO3/c1-16(2)12(14(16)15(17)19)8-9-13(18)20-10-11-6-4-3-5-7-11/h3-9,12,14H,10H2,1-2H3/t12-,14-/m0/s1. The summed E-state index contributed by atoms with van der Waals surface area (Å²) < 4.78 is 5.13. The lowest BCUT2D eigenvalue weighted by molar-refractivity contribution is -0.139. The lowest BCUT2D eigenvalue weighted by Gasteiger charge is -2.01. The molecule has 1 saturated carbocycles. The molecule has 20 heavy (non-hydrogen) atoms. The van der Waals surface area contributed by atoms with Crippen LogP contribution in [0.3, 0.4) is 0 Å². The zero-order valence-electron chi connectivity index (χ0n) is 11.5. The summed E-state index contributed by atoms with van der Waals surface area (Å²) in [7, 11) is 0. The number of rotatable bonds is 5. The van der Waals surface area contributed by atoms with Crippen LogP contribution in [0.15, 0.2) is 42.5 Å². The zero-order chi connectivity index (χ0) is 14.8. The molecule has 1 aliphatic rings. The fourth-order valence-electron chi connectivity index (χ4n) is 2.43. The van der Waals surface area contributed by atoms with Crippen LogP contribution in [0.4, 0.5) is 0 Å². The quantitative estimate of drug-likeness (QED) is 0.475. The van der Waals surface area contributed by atoms with E-state index < -0.39 is 5.97 Å². The van der Waals surface area contributed by atoms with Gasteiger partial charge in [-0.2, -0.15) is 0 Å². The van der Waals surface area contributed by atoms with Crippen LogP contribution in [0.25, 0.3) is 0 Å². The van der Waals surface area contributed by atoms with E-state index in [0.29, 0.717) is 0 Å². The molecule has 4 heteroatoms. The first-order chi connectivity index (χ1) is 9.43. The number of carbonyl (C=O) groups excluding carboxylic acids is 2. The van der Waals surface area contributed by atoms with Crippen LogP contribution in [0.5, 0.6) is 0 Å². The second kappa shape index (κ2) is 5.80. The molecule has 0 saturated heterocycles. The van der Waals surface area contributed by atoms with E-state index in [2.05, 4.69) is 0 Å². The molecule has 0 amide bonds. The Morgan fingerprint density at radius 1 is 1.30 bits per heavy atom. The summed E-state index contributed by atoms with van der Waals surface area (Å²) in [5, 5.41) is -0.345. The Bertz CT molecular complexity index is 534. The van der Waals surface area contributed by atoms with Gasteiger partial charge in [-0.1, -0.05) is 50.3 Å². The van der Waals surface area contributed by atoms with Crippen LogP contribution in [0.2, 0.25) is 0 Å². The predicted octanol–water partition coefficient (Wildman–Crippen LogP) is 3.32. The van der Waals surface area contributed by atoms with Crippen molar-refractivity contribution in [2.75, 3.05) is 0 Å². The van der Waals surface area contributed by atoms with Crippen LogP contribution in [-0.2, 0) is 20.9 Å². The maximum atomic E-state index is 11.6. The van der Waals surface area contributed by atoms with Gasteiger partial charge >= 0.3 is 5.97 Å². The molecule has 0 heterocycles. The van der Waals surface area contributed by atoms with Gasteiger partial charge in [-0.15, -0.1) is 0 Å². The molecule has 0 N–H and O–H groups in total. The number of esters is 1. The van der Waals surface area contributed by atoms with E-state index in [1.54, 1.807) is 6.08 Å². The minimum absolute atomic E-state index is 0.0109. The molecular formula is C16H17ClO3. The van der Waals surface area contributed by atoms with Gasteiger partial charge in [-0.25, -0.2) is 4.79 Å². The molecule has 1 fully saturated rings. The minimum atomic E-state index is -0.405. The van der Waals surface area contributed by atoms with Crippen LogP contribution in [0, 0.1) is 17.3 Å². The SMILES string of the molecule is CC1(C)[C@H](C(=O)Cl)[C@@H]1C=CC(=O)OCc1ccccc1. The summed E-state index contributed by atoms with van der Waals surface area (Å²) in [5.74, 6) is -0.601. The molecule has 2 rings (SSSR count). The van der Waals surface area contributed by atoms with Gasteiger partial charge in [0.25, 0.3) is 0 Å². The minimum Gasteiger partial charge on any atom is -0.458 e. The summed E-state index contributed by atoms with van der Waals surface area (Å²) in [6, 6.07) is 9.47. The lowest BCUT2D eigenvalue weighted by Crippen LogP contribution is -2.01. The molecule has 106 valence electrons. The van der Waals surface area contributed by atoms with Crippen molar-refractivity contribution in [3.8, 4) is 0 Å². The van der Waals surface area contributed by atoms with Crippen LogP contribution in [-0.4, -0.2) is 11.2 Å². The highest BCUT2D eigenvalue weighted by Crippen LogP contribution is 2.59. The normalized spacial score (nSPS) is 23.6. The first-order valence-corrected chi connectivity index (χ1v) is 6.89. The van der Waals surface area contributed by atoms with Gasteiger partial charge < -0.3 is 4.74 Å². The average molecular weight is 293 g/mol. The molecule has 0 bridgehead atoms. The van der Waals surface area contributed by atoms with Crippen molar-refractivity contribution in [2.45, 2.75) is 20.5 Å². The van der Waals surface area contributed by atoms with E-state index in [9.17, 15) is 9.59 Å². The summed E-state index contributed by atoms with van der Waals surface area (Å²) in [5.41, 5.74) is 0.768. The van der Waals surface area contributed by atoms with Gasteiger partial charge in [0.05, 0.1) is 0 Å². The summed E-state index contributed by atoms with van der Waals surface area (Å²) >= 11 is 5.52. The molecule has 0 spiro atoms. The molecule has 2 atom stereocenters. The van der Waals surface area contributed by atoms with Gasteiger partial charge in [0.15, 0.2) is 0 Å². The number of carbonyl (C=O) groups is 2. The topological polar surface area (TPSA) is 43.4 Å². The Morgan fingerprint density at radius 3 is 2.50 bits per heavy atom.